The van der Waals surface area contributed by atoms with E-state index in [2.05, 4.69) is 333 Å². The second-order valence-corrected chi connectivity index (χ2v) is 31.1. The summed E-state index contributed by atoms with van der Waals surface area (Å²) in [6.07, 6.45) is 0. The van der Waals surface area contributed by atoms with Crippen LogP contribution in [-0.2, 0) is 32.5 Å². The molecule has 0 radical (unpaired) electrons. The van der Waals surface area contributed by atoms with Gasteiger partial charge >= 0.3 is 6.85 Å². The van der Waals surface area contributed by atoms with Crippen LogP contribution in [0.25, 0.3) is 55.3 Å². The minimum absolute atomic E-state index is 0.0248. The van der Waals surface area contributed by atoms with E-state index in [0.717, 1.165) is 61.6 Å². The number of rotatable bonds is 6. The van der Waals surface area contributed by atoms with Crippen LogP contribution >= 0.6 is 0 Å². The van der Waals surface area contributed by atoms with Crippen LogP contribution in [0.3, 0.4) is 0 Å². The van der Waals surface area contributed by atoms with Gasteiger partial charge in [-0.15, -0.1) is 0 Å². The number of benzene rings is 10. The fraction of sp³-hybridized carbons (Fsp3) is 0.277. The Morgan fingerprint density at radius 2 is 0.898 bits per heavy atom. The van der Waals surface area contributed by atoms with Crippen LogP contribution in [0.1, 0.15) is 157 Å². The molecule has 0 amide bonds. The predicted octanol–water partition coefficient (Wildman–Crippen LogP) is 22.2. The van der Waals surface area contributed by atoms with E-state index in [0.29, 0.717) is 0 Å². The predicted molar refractivity (Wildman–Crippen MR) is 379 cm³/mol. The number of nitrogens with zero attached hydrogens (tertiary/aromatic N) is 3. The summed E-state index contributed by atoms with van der Waals surface area (Å²) in [5, 5.41) is 2.22. The molecule has 14 rings (SSSR count). The molecule has 0 saturated carbocycles. The van der Waals surface area contributed by atoms with Gasteiger partial charge in [-0.05, 0) is 185 Å². The Bertz CT molecular complexity index is 4530. The van der Waals surface area contributed by atoms with E-state index in [9.17, 15) is 0 Å². The van der Waals surface area contributed by atoms with Crippen molar-refractivity contribution < 1.29 is 4.42 Å². The Morgan fingerprint density at radius 3 is 1.49 bits per heavy atom. The van der Waals surface area contributed by atoms with Crippen LogP contribution in [0.5, 0.6) is 0 Å². The van der Waals surface area contributed by atoms with Gasteiger partial charge in [0, 0.05) is 72.7 Å². The Hall–Kier alpha value is -8.54. The van der Waals surface area contributed by atoms with Crippen molar-refractivity contribution in [2.75, 3.05) is 14.6 Å². The first-order chi connectivity index (χ1) is 41.6. The molecule has 11 aromatic rings. The second kappa shape index (κ2) is 19.7. The lowest BCUT2D eigenvalue weighted by atomic mass is 9.43. The summed E-state index contributed by atoms with van der Waals surface area (Å²) in [5.41, 5.74) is 29.4. The molecule has 3 heterocycles. The smallest absolute Gasteiger partial charge is 0.333 e. The van der Waals surface area contributed by atoms with Crippen molar-refractivity contribution >= 4 is 85.2 Å². The molecule has 5 heteroatoms. The van der Waals surface area contributed by atoms with Crippen LogP contribution in [0.2, 0.25) is 0 Å². The zero-order valence-corrected chi connectivity index (χ0v) is 54.9. The van der Waals surface area contributed by atoms with Crippen LogP contribution in [0.4, 0.5) is 45.5 Å². The Kier molecular flexibility index (Phi) is 12.8. The zero-order valence-electron chi connectivity index (χ0n) is 54.9. The lowest BCUT2D eigenvalue weighted by Crippen LogP contribution is -2.61. The molecule has 0 atom stereocenters. The first-order valence-electron chi connectivity index (χ1n) is 31.9. The van der Waals surface area contributed by atoms with Crippen molar-refractivity contribution in [1.29, 1.82) is 0 Å². The third-order valence-corrected chi connectivity index (χ3v) is 19.6. The molecule has 1 aliphatic carbocycles. The van der Waals surface area contributed by atoms with Crippen molar-refractivity contribution in [2.24, 2.45) is 0 Å². The highest BCUT2D eigenvalue weighted by Gasteiger charge is 2.49. The number of anilines is 8. The minimum atomic E-state index is -0.335. The standard InChI is InChI=1S/C83H84BN3O/c1-78(2,3)52-27-35-57(36-28-52)85(58-37-29-53(30-38-58)79(4,5)6)60-41-42-67-63(47-60)64-48-66-72(50-68(64)83(67,16)17)87(59-39-31-54(32-40-59)80(7,8)9)84-69-46-56(82(13,14)15)34-44-71(69)86(70-43-33-55(81(10,11)12)45-62(70)51-23-19-18-20-24-51)73-49-65-61-25-21-22-26-74(61)88-77(65)75(66)76(73)84/h18-50H,1-17H3. The average Bonchev–Trinajstić information content (AvgIpc) is 1.18. The van der Waals surface area contributed by atoms with E-state index in [1.54, 1.807) is 0 Å². The molecule has 4 nitrogen and oxygen atoms in total. The number of hydrogen-bond donors (Lipinski definition) is 0. The van der Waals surface area contributed by atoms with E-state index >= 15 is 0 Å². The molecule has 88 heavy (non-hydrogen) atoms. The normalized spacial score (nSPS) is 14.4. The Morgan fingerprint density at radius 1 is 0.386 bits per heavy atom. The summed E-state index contributed by atoms with van der Waals surface area (Å²) in [5.74, 6) is 0. The molecule has 0 fully saturated rings. The largest absolute Gasteiger partial charge is 0.455 e. The molecule has 0 spiro atoms. The minimum Gasteiger partial charge on any atom is -0.455 e. The van der Waals surface area contributed by atoms with Crippen molar-refractivity contribution in [3.63, 3.8) is 0 Å². The summed E-state index contributed by atoms with van der Waals surface area (Å²) >= 11 is 0. The maximum atomic E-state index is 7.42. The summed E-state index contributed by atoms with van der Waals surface area (Å²) in [7, 11) is 0. The van der Waals surface area contributed by atoms with E-state index < -0.39 is 0 Å². The molecule has 2 aliphatic heterocycles. The summed E-state index contributed by atoms with van der Waals surface area (Å²) in [6.45, 7) is 39.4. The van der Waals surface area contributed by atoms with Gasteiger partial charge in [-0.25, -0.2) is 0 Å². The van der Waals surface area contributed by atoms with E-state index in [-0.39, 0.29) is 39.3 Å². The topological polar surface area (TPSA) is 22.9 Å². The van der Waals surface area contributed by atoms with E-state index in [1.807, 2.05) is 0 Å². The molecule has 0 unspecified atom stereocenters. The fourth-order valence-corrected chi connectivity index (χ4v) is 14.4. The Labute approximate surface area is 524 Å². The molecule has 3 aliphatic rings. The van der Waals surface area contributed by atoms with Gasteiger partial charge in [-0.3, -0.25) is 0 Å². The van der Waals surface area contributed by atoms with Gasteiger partial charge in [0.25, 0.3) is 0 Å². The van der Waals surface area contributed by atoms with E-state index in [1.165, 1.54) is 89.1 Å². The maximum Gasteiger partial charge on any atom is 0.333 e. The van der Waals surface area contributed by atoms with Gasteiger partial charge in [0.1, 0.15) is 11.2 Å². The van der Waals surface area contributed by atoms with Crippen LogP contribution in [-0.4, -0.2) is 6.85 Å². The van der Waals surface area contributed by atoms with Crippen molar-refractivity contribution in [2.45, 2.75) is 150 Å². The zero-order chi connectivity index (χ0) is 61.9. The van der Waals surface area contributed by atoms with E-state index in [4.69, 9.17) is 4.42 Å². The lowest BCUT2D eigenvalue weighted by Gasteiger charge is -2.46. The first kappa shape index (κ1) is 57.2. The Balaban J connectivity index is 1.09. The fourth-order valence-electron chi connectivity index (χ4n) is 14.4. The monoisotopic (exact) mass is 1150 g/mol. The van der Waals surface area contributed by atoms with Gasteiger partial charge < -0.3 is 19.0 Å². The number of fused-ring (bicyclic) bond motifs is 11. The highest BCUT2D eigenvalue weighted by molar-refractivity contribution is 6.94. The van der Waals surface area contributed by atoms with Gasteiger partial charge in [0.15, 0.2) is 0 Å². The third-order valence-electron chi connectivity index (χ3n) is 19.6. The number of furan rings is 1. The molecular formula is C83H84BN3O. The third kappa shape index (κ3) is 9.23. The summed E-state index contributed by atoms with van der Waals surface area (Å²) in [4.78, 5) is 7.78. The summed E-state index contributed by atoms with van der Waals surface area (Å²) < 4.78 is 7.42. The summed E-state index contributed by atoms with van der Waals surface area (Å²) in [6, 6.07) is 77.2. The average molecular weight is 1150 g/mol. The lowest BCUT2D eigenvalue weighted by molar-refractivity contribution is 0.590. The SMILES string of the molecule is CC(C)(C)c1ccc(N2B3c4cc(C(C)(C)C)ccc4N(c4ccc(C(C)(C)C)cc4-c4ccccc4)c4cc5c(oc6ccccc65)c(c43)-c3cc4c(cc32)C(C)(C)c2ccc(N(c3ccc(C(C)(C)C)cc3)c3ccc(C(C)(C)C)cc3)cc2-4)cc1. The molecule has 0 bridgehead atoms. The highest BCUT2D eigenvalue weighted by Crippen LogP contribution is 2.58. The molecule has 10 aromatic carbocycles. The maximum absolute atomic E-state index is 7.42. The van der Waals surface area contributed by atoms with Gasteiger partial charge in [-0.2, -0.15) is 0 Å². The van der Waals surface area contributed by atoms with Crippen LogP contribution in [0, 0.1) is 0 Å². The first-order valence-corrected chi connectivity index (χ1v) is 31.9. The second-order valence-electron chi connectivity index (χ2n) is 31.1. The van der Waals surface area contributed by atoms with Crippen LogP contribution < -0.4 is 25.5 Å². The number of para-hydroxylation sites is 1. The highest BCUT2D eigenvalue weighted by atomic mass is 16.3. The molecule has 440 valence electrons. The van der Waals surface area contributed by atoms with Gasteiger partial charge in [-0.1, -0.05) is 227 Å². The molecule has 1 aromatic heterocycles. The van der Waals surface area contributed by atoms with Crippen molar-refractivity contribution in [3.8, 4) is 33.4 Å². The van der Waals surface area contributed by atoms with Gasteiger partial charge in [0.2, 0.25) is 0 Å². The quantitative estimate of drug-likeness (QED) is 0.155. The molecule has 0 N–H and O–H groups in total. The van der Waals surface area contributed by atoms with Crippen LogP contribution in [0.15, 0.2) is 205 Å². The number of hydrogen-bond acceptors (Lipinski definition) is 4. The van der Waals surface area contributed by atoms with Crippen molar-refractivity contribution in [1.82, 2.24) is 0 Å². The molecular weight excluding hydrogens is 1070 g/mol. The molecule has 0 saturated heterocycles. The van der Waals surface area contributed by atoms with Gasteiger partial charge in [0.05, 0.1) is 5.69 Å². The van der Waals surface area contributed by atoms with Crippen molar-refractivity contribution in [3.05, 3.63) is 239 Å².